The van der Waals surface area contributed by atoms with Crippen LogP contribution in [0.4, 0.5) is 5.69 Å². The van der Waals surface area contributed by atoms with Crippen molar-refractivity contribution in [2.75, 3.05) is 18.0 Å². The molecule has 19 heavy (non-hydrogen) atoms. The summed E-state index contributed by atoms with van der Waals surface area (Å²) in [5, 5.41) is 21.7. The second kappa shape index (κ2) is 5.09. The molecular formula is C14H21N3O2. The quantitative estimate of drug-likeness (QED) is 0.326. The van der Waals surface area contributed by atoms with Crippen LogP contribution < -0.4 is 10.6 Å². The molecule has 1 aliphatic heterocycles. The molecule has 0 bridgehead atoms. The Morgan fingerprint density at radius 2 is 2.00 bits per heavy atom. The van der Waals surface area contributed by atoms with E-state index in [0.29, 0.717) is 0 Å². The third-order valence-corrected chi connectivity index (χ3v) is 3.80. The zero-order valence-corrected chi connectivity index (χ0v) is 11.4. The molecule has 0 spiro atoms. The van der Waals surface area contributed by atoms with Crippen LogP contribution in [0.15, 0.2) is 23.4 Å². The van der Waals surface area contributed by atoms with Crippen molar-refractivity contribution in [3.05, 3.63) is 29.3 Å². The summed E-state index contributed by atoms with van der Waals surface area (Å²) in [6.07, 6.45) is 1.54. The molecular weight excluding hydrogens is 242 g/mol. The van der Waals surface area contributed by atoms with Crippen molar-refractivity contribution in [1.82, 2.24) is 0 Å². The summed E-state index contributed by atoms with van der Waals surface area (Å²) in [5.74, 6) is 0.130. The average Bonchev–Trinajstić information content (AvgIpc) is 2.37. The number of hydrogen-bond donors (Lipinski definition) is 3. The highest BCUT2D eigenvalue weighted by molar-refractivity contribution is 5.98. The van der Waals surface area contributed by atoms with Gasteiger partial charge in [0.1, 0.15) is 0 Å². The Kier molecular flexibility index (Phi) is 3.66. The standard InChI is InChI=1S/C14H21N3O2/c1-10-9-11(3-4-12(10)13(15)16-19)17-7-5-14(2,18)6-8-17/h3-4,9,18-19H,5-8H2,1-2H3,(H2,15,16). The lowest BCUT2D eigenvalue weighted by molar-refractivity contribution is 0.0351. The minimum absolute atomic E-state index is 0.130. The minimum Gasteiger partial charge on any atom is -0.409 e. The molecule has 0 radical (unpaired) electrons. The Morgan fingerprint density at radius 3 is 2.53 bits per heavy atom. The maximum atomic E-state index is 9.96. The first-order chi connectivity index (χ1) is 8.93. The topological polar surface area (TPSA) is 82.1 Å². The third-order valence-electron chi connectivity index (χ3n) is 3.80. The molecule has 5 heteroatoms. The van der Waals surface area contributed by atoms with Gasteiger partial charge in [-0.1, -0.05) is 5.16 Å². The van der Waals surface area contributed by atoms with Crippen molar-refractivity contribution < 1.29 is 10.3 Å². The van der Waals surface area contributed by atoms with Crippen molar-refractivity contribution in [2.24, 2.45) is 10.9 Å². The molecule has 1 aromatic rings. The average molecular weight is 263 g/mol. The van der Waals surface area contributed by atoms with Crippen LogP contribution in [0.2, 0.25) is 0 Å². The molecule has 2 rings (SSSR count). The van der Waals surface area contributed by atoms with E-state index in [9.17, 15) is 5.11 Å². The summed E-state index contributed by atoms with van der Waals surface area (Å²) in [6, 6.07) is 5.88. The molecule has 1 heterocycles. The van der Waals surface area contributed by atoms with E-state index in [1.165, 1.54) is 0 Å². The first-order valence-electron chi connectivity index (χ1n) is 6.49. The Morgan fingerprint density at radius 1 is 1.37 bits per heavy atom. The summed E-state index contributed by atoms with van der Waals surface area (Å²) < 4.78 is 0. The van der Waals surface area contributed by atoms with E-state index in [1.807, 2.05) is 32.0 Å². The molecule has 0 saturated carbocycles. The number of nitrogens with zero attached hydrogens (tertiary/aromatic N) is 2. The Bertz CT molecular complexity index is 487. The number of amidine groups is 1. The van der Waals surface area contributed by atoms with Crippen LogP contribution in [-0.2, 0) is 0 Å². The molecule has 0 aromatic heterocycles. The first kappa shape index (κ1) is 13.7. The van der Waals surface area contributed by atoms with E-state index < -0.39 is 5.60 Å². The van der Waals surface area contributed by atoms with Crippen LogP contribution >= 0.6 is 0 Å². The smallest absolute Gasteiger partial charge is 0.170 e. The summed E-state index contributed by atoms with van der Waals surface area (Å²) >= 11 is 0. The van der Waals surface area contributed by atoms with Crippen molar-refractivity contribution in [2.45, 2.75) is 32.3 Å². The van der Waals surface area contributed by atoms with Gasteiger partial charge in [0.15, 0.2) is 5.84 Å². The van der Waals surface area contributed by atoms with Crippen LogP contribution in [0.25, 0.3) is 0 Å². The zero-order chi connectivity index (χ0) is 14.0. The molecule has 0 aliphatic carbocycles. The number of oxime groups is 1. The fraction of sp³-hybridized carbons (Fsp3) is 0.500. The molecule has 1 aliphatic rings. The molecule has 1 saturated heterocycles. The van der Waals surface area contributed by atoms with Gasteiger partial charge < -0.3 is 20.9 Å². The first-order valence-corrected chi connectivity index (χ1v) is 6.49. The number of anilines is 1. The molecule has 104 valence electrons. The van der Waals surface area contributed by atoms with Crippen molar-refractivity contribution in [3.63, 3.8) is 0 Å². The highest BCUT2D eigenvalue weighted by Crippen LogP contribution is 2.27. The Labute approximate surface area is 113 Å². The van der Waals surface area contributed by atoms with Gasteiger partial charge in [0.2, 0.25) is 0 Å². The highest BCUT2D eigenvalue weighted by atomic mass is 16.4. The van der Waals surface area contributed by atoms with Crippen molar-refractivity contribution in [3.8, 4) is 0 Å². The SMILES string of the molecule is Cc1cc(N2CCC(C)(O)CC2)ccc1/C(N)=N/O. The second-order valence-corrected chi connectivity index (χ2v) is 5.47. The number of aliphatic hydroxyl groups is 1. The number of benzene rings is 1. The predicted octanol–water partition coefficient (Wildman–Crippen LogP) is 1.44. The number of aryl methyl sites for hydroxylation is 1. The van der Waals surface area contributed by atoms with Gasteiger partial charge in [0.05, 0.1) is 5.60 Å². The van der Waals surface area contributed by atoms with E-state index in [-0.39, 0.29) is 5.84 Å². The molecule has 1 fully saturated rings. The zero-order valence-electron chi connectivity index (χ0n) is 11.4. The molecule has 0 unspecified atom stereocenters. The number of piperidine rings is 1. The lowest BCUT2D eigenvalue weighted by Crippen LogP contribution is -2.42. The van der Waals surface area contributed by atoms with Crippen LogP contribution in [0, 0.1) is 6.92 Å². The monoisotopic (exact) mass is 263 g/mol. The molecule has 0 amide bonds. The van der Waals surface area contributed by atoms with Crippen molar-refractivity contribution in [1.29, 1.82) is 0 Å². The largest absolute Gasteiger partial charge is 0.409 e. The van der Waals surface area contributed by atoms with Crippen LogP contribution in [-0.4, -0.2) is 34.8 Å². The fourth-order valence-electron chi connectivity index (χ4n) is 2.43. The van der Waals surface area contributed by atoms with Crippen molar-refractivity contribution >= 4 is 11.5 Å². The predicted molar refractivity (Wildman–Crippen MR) is 75.8 cm³/mol. The van der Waals surface area contributed by atoms with Crippen LogP contribution in [0.5, 0.6) is 0 Å². The summed E-state index contributed by atoms with van der Waals surface area (Å²) in [5.41, 5.74) is 7.91. The molecule has 0 atom stereocenters. The summed E-state index contributed by atoms with van der Waals surface area (Å²) in [6.45, 7) is 5.51. The van der Waals surface area contributed by atoms with Gasteiger partial charge in [-0.3, -0.25) is 0 Å². The summed E-state index contributed by atoms with van der Waals surface area (Å²) in [4.78, 5) is 2.25. The molecule has 1 aromatic carbocycles. The lowest BCUT2D eigenvalue weighted by atomic mass is 9.93. The summed E-state index contributed by atoms with van der Waals surface area (Å²) in [7, 11) is 0. The van der Waals surface area contributed by atoms with Gasteiger partial charge in [-0.15, -0.1) is 0 Å². The Hall–Kier alpha value is -1.75. The number of hydrogen-bond acceptors (Lipinski definition) is 4. The van der Waals surface area contributed by atoms with E-state index in [1.54, 1.807) is 0 Å². The van der Waals surface area contributed by atoms with E-state index >= 15 is 0 Å². The van der Waals surface area contributed by atoms with Gasteiger partial charge in [0, 0.05) is 24.3 Å². The number of rotatable bonds is 2. The lowest BCUT2D eigenvalue weighted by Gasteiger charge is -2.37. The van der Waals surface area contributed by atoms with E-state index in [4.69, 9.17) is 10.9 Å². The Balaban J connectivity index is 2.17. The van der Waals surface area contributed by atoms with Crippen LogP contribution in [0.3, 0.4) is 0 Å². The van der Waals surface area contributed by atoms with Gasteiger partial charge in [-0.2, -0.15) is 0 Å². The van der Waals surface area contributed by atoms with Gasteiger partial charge in [-0.05, 0) is 50.5 Å². The maximum absolute atomic E-state index is 9.96. The normalized spacial score (nSPS) is 19.5. The minimum atomic E-state index is -0.542. The third kappa shape index (κ3) is 2.98. The highest BCUT2D eigenvalue weighted by Gasteiger charge is 2.27. The molecule has 4 N–H and O–H groups in total. The second-order valence-electron chi connectivity index (χ2n) is 5.47. The molecule has 5 nitrogen and oxygen atoms in total. The van der Waals surface area contributed by atoms with E-state index in [2.05, 4.69) is 10.1 Å². The van der Waals surface area contributed by atoms with Gasteiger partial charge in [-0.25, -0.2) is 0 Å². The van der Waals surface area contributed by atoms with Gasteiger partial charge >= 0.3 is 0 Å². The fourth-order valence-corrected chi connectivity index (χ4v) is 2.43. The maximum Gasteiger partial charge on any atom is 0.170 e. The van der Waals surface area contributed by atoms with E-state index in [0.717, 1.165) is 42.7 Å². The van der Waals surface area contributed by atoms with Crippen LogP contribution in [0.1, 0.15) is 30.9 Å². The van der Waals surface area contributed by atoms with Gasteiger partial charge in [0.25, 0.3) is 0 Å². The number of nitrogens with two attached hydrogens (primary N) is 1.